The summed E-state index contributed by atoms with van der Waals surface area (Å²) in [6.07, 6.45) is 0.485. The van der Waals surface area contributed by atoms with Gasteiger partial charge < -0.3 is 10.6 Å². The monoisotopic (exact) mass is 467 g/mol. The van der Waals surface area contributed by atoms with Crippen molar-refractivity contribution in [2.45, 2.75) is 6.17 Å². The molecule has 1 atom stereocenters. The van der Waals surface area contributed by atoms with Crippen LogP contribution in [0.15, 0.2) is 58.6 Å². The number of aromatic nitrogens is 2. The number of non-ortho nitro benzene ring substituents is 1. The number of rotatable bonds is 5. The van der Waals surface area contributed by atoms with Crippen LogP contribution in [0.1, 0.15) is 11.7 Å². The number of nitrogens with one attached hydrogen (secondary N) is 1. The van der Waals surface area contributed by atoms with Crippen LogP contribution in [0, 0.1) is 26.0 Å². The molecule has 14 heteroatoms. The summed E-state index contributed by atoms with van der Waals surface area (Å²) < 4.78 is 15.9. The SMILES string of the molecule is CN(C)C1=NC(c2cn(-c3ccc([N+](=O)[O-])cc3[N+](=O)[O-])nc2-c2ccccc2F)N=C(N)N1. The predicted octanol–water partition coefficient (Wildman–Crippen LogP) is 2.33. The maximum absolute atomic E-state index is 14.7. The number of hydrogen-bond acceptors (Lipinski definition) is 10. The van der Waals surface area contributed by atoms with Crippen molar-refractivity contribution in [2.75, 3.05) is 14.1 Å². The molecule has 0 amide bonds. The van der Waals surface area contributed by atoms with Crippen LogP contribution in [0.4, 0.5) is 15.8 Å². The fourth-order valence-electron chi connectivity index (χ4n) is 3.35. The van der Waals surface area contributed by atoms with Crippen LogP contribution >= 0.6 is 0 Å². The Kier molecular flexibility index (Phi) is 5.63. The molecular weight excluding hydrogens is 449 g/mol. The molecule has 0 aliphatic carbocycles. The predicted molar refractivity (Wildman–Crippen MR) is 121 cm³/mol. The lowest BCUT2D eigenvalue weighted by Crippen LogP contribution is -2.46. The Balaban J connectivity index is 1.95. The Morgan fingerprint density at radius 1 is 1.12 bits per heavy atom. The van der Waals surface area contributed by atoms with Gasteiger partial charge in [0.1, 0.15) is 17.2 Å². The zero-order valence-corrected chi connectivity index (χ0v) is 17.9. The molecule has 2 aromatic carbocycles. The molecule has 3 aromatic rings. The number of hydrogen-bond donors (Lipinski definition) is 2. The lowest BCUT2D eigenvalue weighted by Gasteiger charge is -2.23. The maximum Gasteiger partial charge on any atom is 0.301 e. The van der Waals surface area contributed by atoms with Gasteiger partial charge in [-0.2, -0.15) is 5.10 Å². The second kappa shape index (κ2) is 8.57. The van der Waals surface area contributed by atoms with Gasteiger partial charge in [0.15, 0.2) is 12.1 Å². The molecule has 0 radical (unpaired) electrons. The maximum atomic E-state index is 14.7. The molecule has 13 nitrogen and oxygen atoms in total. The van der Waals surface area contributed by atoms with E-state index in [0.717, 1.165) is 16.8 Å². The largest absolute Gasteiger partial charge is 0.370 e. The fraction of sp³-hybridized carbons (Fsp3) is 0.150. The van der Waals surface area contributed by atoms with Gasteiger partial charge in [-0.25, -0.2) is 19.1 Å². The number of benzene rings is 2. The zero-order chi connectivity index (χ0) is 24.6. The van der Waals surface area contributed by atoms with E-state index in [1.165, 1.54) is 30.5 Å². The van der Waals surface area contributed by atoms with Crippen LogP contribution in [0.5, 0.6) is 0 Å². The molecule has 34 heavy (non-hydrogen) atoms. The molecule has 174 valence electrons. The molecule has 1 unspecified atom stereocenters. The number of guanidine groups is 2. The fourth-order valence-corrected chi connectivity index (χ4v) is 3.35. The van der Waals surface area contributed by atoms with E-state index in [1.807, 2.05) is 0 Å². The summed E-state index contributed by atoms with van der Waals surface area (Å²) in [5, 5.41) is 30.0. The van der Waals surface area contributed by atoms with Gasteiger partial charge in [-0.1, -0.05) is 12.1 Å². The van der Waals surface area contributed by atoms with Crippen molar-refractivity contribution in [3.05, 3.63) is 80.3 Å². The number of nitro benzene ring substituents is 2. The molecule has 4 rings (SSSR count). The highest BCUT2D eigenvalue weighted by Gasteiger charge is 2.28. The van der Waals surface area contributed by atoms with Crippen molar-refractivity contribution in [2.24, 2.45) is 15.7 Å². The number of nitrogens with two attached hydrogens (primary N) is 1. The first-order chi connectivity index (χ1) is 16.2. The zero-order valence-electron chi connectivity index (χ0n) is 17.9. The number of halogens is 1. The molecular formula is C20H18FN9O4. The Morgan fingerprint density at radius 2 is 1.85 bits per heavy atom. The van der Waals surface area contributed by atoms with Crippen molar-refractivity contribution >= 4 is 23.3 Å². The van der Waals surface area contributed by atoms with Crippen molar-refractivity contribution in [1.82, 2.24) is 20.0 Å². The third kappa shape index (κ3) is 4.11. The van der Waals surface area contributed by atoms with Gasteiger partial charge in [-0.15, -0.1) is 0 Å². The van der Waals surface area contributed by atoms with Gasteiger partial charge in [0.05, 0.1) is 15.9 Å². The minimum absolute atomic E-state index is 0.0536. The van der Waals surface area contributed by atoms with Crippen LogP contribution in [-0.4, -0.2) is 50.5 Å². The second-order valence-corrected chi connectivity index (χ2v) is 7.40. The molecule has 0 fully saturated rings. The second-order valence-electron chi connectivity index (χ2n) is 7.40. The van der Waals surface area contributed by atoms with E-state index < -0.39 is 33.2 Å². The topological polar surface area (TPSA) is 170 Å². The molecule has 1 aliphatic rings. The highest BCUT2D eigenvalue weighted by atomic mass is 19.1. The molecule has 1 aromatic heterocycles. The third-order valence-corrected chi connectivity index (χ3v) is 4.93. The van der Waals surface area contributed by atoms with E-state index in [0.29, 0.717) is 11.5 Å². The molecule has 0 bridgehead atoms. The lowest BCUT2D eigenvalue weighted by molar-refractivity contribution is -0.394. The summed E-state index contributed by atoms with van der Waals surface area (Å²) in [5.74, 6) is -0.113. The van der Waals surface area contributed by atoms with Crippen molar-refractivity contribution < 1.29 is 14.2 Å². The summed E-state index contributed by atoms with van der Waals surface area (Å²) in [6.45, 7) is 0. The Morgan fingerprint density at radius 3 is 2.50 bits per heavy atom. The molecule has 3 N–H and O–H groups in total. The molecule has 0 spiro atoms. The van der Waals surface area contributed by atoms with E-state index in [9.17, 15) is 24.6 Å². The smallest absolute Gasteiger partial charge is 0.301 e. The summed E-state index contributed by atoms with van der Waals surface area (Å²) in [5.41, 5.74) is 5.44. The average molecular weight is 467 g/mol. The van der Waals surface area contributed by atoms with Crippen molar-refractivity contribution in [3.63, 3.8) is 0 Å². The van der Waals surface area contributed by atoms with Crippen LogP contribution in [0.25, 0.3) is 16.9 Å². The van der Waals surface area contributed by atoms with E-state index in [2.05, 4.69) is 20.4 Å². The highest BCUT2D eigenvalue weighted by Crippen LogP contribution is 2.35. The first-order valence-electron chi connectivity index (χ1n) is 9.78. The van der Waals surface area contributed by atoms with Gasteiger partial charge in [-0.05, 0) is 18.2 Å². The first kappa shape index (κ1) is 22.3. The van der Waals surface area contributed by atoms with Crippen LogP contribution in [-0.2, 0) is 0 Å². The number of aliphatic imine (C=N–C) groups is 2. The normalized spacial score (nSPS) is 15.2. The van der Waals surface area contributed by atoms with E-state index in [4.69, 9.17) is 5.73 Å². The van der Waals surface area contributed by atoms with E-state index >= 15 is 0 Å². The molecule has 2 heterocycles. The summed E-state index contributed by atoms with van der Waals surface area (Å²) in [4.78, 5) is 31.7. The van der Waals surface area contributed by atoms with Gasteiger partial charge in [0.2, 0.25) is 5.96 Å². The summed E-state index contributed by atoms with van der Waals surface area (Å²) in [6, 6.07) is 9.04. The molecule has 0 saturated heterocycles. The van der Waals surface area contributed by atoms with Crippen molar-refractivity contribution in [3.8, 4) is 16.9 Å². The Hall–Kier alpha value is -4.88. The summed E-state index contributed by atoms with van der Waals surface area (Å²) in [7, 11) is 3.48. The minimum atomic E-state index is -0.931. The van der Waals surface area contributed by atoms with Crippen LogP contribution in [0.2, 0.25) is 0 Å². The number of nitrogens with zero attached hydrogens (tertiary/aromatic N) is 7. The Bertz CT molecular complexity index is 1370. The van der Waals surface area contributed by atoms with E-state index in [-0.39, 0.29) is 22.9 Å². The van der Waals surface area contributed by atoms with Gasteiger partial charge in [-0.3, -0.25) is 25.5 Å². The Labute approximate surface area is 191 Å². The van der Waals surface area contributed by atoms with Crippen molar-refractivity contribution in [1.29, 1.82) is 0 Å². The van der Waals surface area contributed by atoms with Gasteiger partial charge >= 0.3 is 5.69 Å². The van der Waals surface area contributed by atoms with Gasteiger partial charge in [0.25, 0.3) is 5.69 Å². The highest BCUT2D eigenvalue weighted by molar-refractivity contribution is 5.99. The van der Waals surface area contributed by atoms with E-state index in [1.54, 1.807) is 25.1 Å². The third-order valence-electron chi connectivity index (χ3n) is 4.93. The average Bonchev–Trinajstić information content (AvgIpc) is 3.23. The lowest BCUT2D eigenvalue weighted by atomic mass is 10.1. The standard InChI is InChI=1S/C20H18FN9O4/c1-27(2)20-24-18(23-19(22)25-20)13-10-28(26-17(13)12-5-3-4-6-14(12)21)15-8-7-11(29(31)32)9-16(15)30(33)34/h3-10,18H,1-2H3,(H3,22,23,24,25). The number of nitro groups is 2. The minimum Gasteiger partial charge on any atom is -0.370 e. The van der Waals surface area contributed by atoms with Crippen LogP contribution < -0.4 is 11.1 Å². The van der Waals surface area contributed by atoms with Crippen LogP contribution in [0.3, 0.4) is 0 Å². The quantitative estimate of drug-likeness (QED) is 0.425. The first-order valence-corrected chi connectivity index (χ1v) is 9.78. The molecule has 0 saturated carbocycles. The van der Waals surface area contributed by atoms with Gasteiger partial charge in [0, 0.05) is 37.5 Å². The summed E-state index contributed by atoms with van der Waals surface area (Å²) >= 11 is 0. The molecule has 1 aliphatic heterocycles.